The van der Waals surface area contributed by atoms with Gasteiger partial charge in [-0.2, -0.15) is 0 Å². The first-order valence-electron chi connectivity index (χ1n) is 10.6. The molecule has 0 bridgehead atoms. The van der Waals surface area contributed by atoms with E-state index in [1.807, 2.05) is 14.1 Å². The van der Waals surface area contributed by atoms with Crippen LogP contribution in [0.3, 0.4) is 0 Å². The molecule has 1 atom stereocenters. The van der Waals surface area contributed by atoms with Gasteiger partial charge in [0, 0.05) is 23.1 Å². The summed E-state index contributed by atoms with van der Waals surface area (Å²) < 4.78 is 11.0. The van der Waals surface area contributed by atoms with Crippen LogP contribution in [0.2, 0.25) is 0 Å². The van der Waals surface area contributed by atoms with Crippen molar-refractivity contribution in [1.29, 1.82) is 0 Å². The number of rotatable bonds is 8. The molecule has 0 radical (unpaired) electrons. The molecule has 2 heterocycles. The molecule has 1 aromatic heterocycles. The van der Waals surface area contributed by atoms with Crippen molar-refractivity contribution in [2.45, 2.75) is 6.04 Å². The van der Waals surface area contributed by atoms with Crippen molar-refractivity contribution in [3.05, 3.63) is 81.3 Å². The number of ether oxygens (including phenoxy) is 1. The molecule has 0 saturated carbocycles. The number of likely N-dealkylation sites (N-methyl/N-ethyl adjacent to an activating group) is 1. The number of carbonyl (C=O) groups excluding carboxylic acids is 2. The predicted molar refractivity (Wildman–Crippen MR) is 119 cm³/mol. The average Bonchev–Trinajstić information content (AvgIpc) is 3.36. The van der Waals surface area contributed by atoms with Crippen LogP contribution in [0.25, 0.3) is 11.0 Å². The van der Waals surface area contributed by atoms with Gasteiger partial charge in [0.25, 0.3) is 5.69 Å². The number of nitro benzene ring substituents is 1. The summed E-state index contributed by atoms with van der Waals surface area (Å²) in [5.41, 5.74) is 0.396. The van der Waals surface area contributed by atoms with E-state index in [2.05, 4.69) is 0 Å². The van der Waals surface area contributed by atoms with Crippen LogP contribution < -0.4 is 14.7 Å². The van der Waals surface area contributed by atoms with E-state index in [9.17, 15) is 24.8 Å². The number of benzene rings is 2. The lowest BCUT2D eigenvalue weighted by atomic mass is 9.95. The van der Waals surface area contributed by atoms with Crippen LogP contribution in [0.1, 0.15) is 22.2 Å². The number of carbonyl (C=O) groups is 2. The minimum Gasteiger partial charge on any atom is -0.868 e. The minimum absolute atomic E-state index is 0.0948. The lowest BCUT2D eigenvalue weighted by molar-refractivity contribution is -0.857. The van der Waals surface area contributed by atoms with Crippen LogP contribution in [-0.4, -0.2) is 55.8 Å². The van der Waals surface area contributed by atoms with Crippen LogP contribution in [0.5, 0.6) is 5.75 Å². The Morgan fingerprint density at radius 2 is 1.91 bits per heavy atom. The first-order chi connectivity index (χ1) is 16.2. The van der Waals surface area contributed by atoms with E-state index in [0.29, 0.717) is 28.8 Å². The second-order valence-electron chi connectivity index (χ2n) is 8.27. The lowest BCUT2D eigenvalue weighted by Crippen LogP contribution is -3.06. The van der Waals surface area contributed by atoms with E-state index in [-0.39, 0.29) is 23.6 Å². The number of methoxy groups -OCH3 is 1. The number of non-ortho nitro benzene ring substituents is 1. The summed E-state index contributed by atoms with van der Waals surface area (Å²) in [6.07, 6.45) is 0. The number of hydrogen-bond acceptors (Lipinski definition) is 7. The highest BCUT2D eigenvalue weighted by molar-refractivity contribution is 6.16. The van der Waals surface area contributed by atoms with E-state index in [1.165, 1.54) is 42.3 Å². The molecule has 1 unspecified atom stereocenters. The van der Waals surface area contributed by atoms with Crippen molar-refractivity contribution in [2.75, 3.05) is 34.3 Å². The van der Waals surface area contributed by atoms with E-state index >= 15 is 0 Å². The molecule has 34 heavy (non-hydrogen) atoms. The molecule has 10 nitrogen and oxygen atoms in total. The molecule has 3 aromatic rings. The van der Waals surface area contributed by atoms with E-state index in [4.69, 9.17) is 9.15 Å². The predicted octanol–water partition coefficient (Wildman–Crippen LogP) is 0.875. The van der Waals surface area contributed by atoms with Crippen molar-refractivity contribution in [3.63, 3.8) is 0 Å². The van der Waals surface area contributed by atoms with Crippen molar-refractivity contribution in [2.24, 2.45) is 0 Å². The zero-order chi connectivity index (χ0) is 24.6. The fourth-order valence-electron chi connectivity index (χ4n) is 4.01. The zero-order valence-electron chi connectivity index (χ0n) is 18.9. The molecular weight excluding hydrogens is 442 g/mol. The van der Waals surface area contributed by atoms with Gasteiger partial charge in [-0.1, -0.05) is 12.1 Å². The summed E-state index contributed by atoms with van der Waals surface area (Å²) in [6, 6.07) is 11.2. The summed E-state index contributed by atoms with van der Waals surface area (Å²) in [6.45, 7) is 0.755. The molecule has 1 N–H and O–H groups in total. The van der Waals surface area contributed by atoms with Gasteiger partial charge < -0.3 is 24.1 Å². The molecular formula is C24H23N3O7. The number of nitrogens with one attached hydrogen (secondary N) is 1. The average molecular weight is 465 g/mol. The third kappa shape index (κ3) is 3.99. The number of nitrogens with zero attached hydrogens (tertiary/aromatic N) is 2. The first-order valence-corrected chi connectivity index (χ1v) is 10.6. The standard InChI is InChI=1S/C24H23N3O7/c1-25(2)11-12-26-20(14-7-9-16(10-8-14)27(31)32)19(22(29)24(26)30)21(28)18-13-15-5-4-6-17(33-3)23(15)34-18/h4-10,13,20,29H,11-12H2,1-3H3. The van der Waals surface area contributed by atoms with E-state index in [0.717, 1.165) is 4.90 Å². The van der Waals surface area contributed by atoms with Crippen molar-refractivity contribution < 1.29 is 33.7 Å². The largest absolute Gasteiger partial charge is 0.868 e. The number of para-hydroxylation sites is 1. The molecule has 10 heteroatoms. The Morgan fingerprint density at radius 3 is 2.53 bits per heavy atom. The molecule has 4 rings (SSSR count). The van der Waals surface area contributed by atoms with Gasteiger partial charge in [-0.3, -0.25) is 19.7 Å². The Balaban J connectivity index is 1.80. The van der Waals surface area contributed by atoms with Gasteiger partial charge in [0.15, 0.2) is 17.1 Å². The van der Waals surface area contributed by atoms with Crippen LogP contribution in [0.15, 0.2) is 64.3 Å². The molecule has 1 aliphatic rings. The fourth-order valence-corrected chi connectivity index (χ4v) is 4.01. The summed E-state index contributed by atoms with van der Waals surface area (Å²) in [7, 11) is 5.28. The highest BCUT2D eigenvalue weighted by Gasteiger charge is 2.40. The van der Waals surface area contributed by atoms with Gasteiger partial charge in [-0.25, -0.2) is 0 Å². The molecule has 2 aromatic carbocycles. The van der Waals surface area contributed by atoms with Crippen LogP contribution >= 0.6 is 0 Å². The highest BCUT2D eigenvalue weighted by Crippen LogP contribution is 2.39. The third-order valence-corrected chi connectivity index (χ3v) is 5.75. The second-order valence-corrected chi connectivity index (χ2v) is 8.27. The highest BCUT2D eigenvalue weighted by atomic mass is 16.6. The van der Waals surface area contributed by atoms with Crippen molar-refractivity contribution in [3.8, 4) is 5.75 Å². The maximum atomic E-state index is 13.5. The number of furan rings is 1. The van der Waals surface area contributed by atoms with Crippen LogP contribution in [0.4, 0.5) is 5.69 Å². The number of nitro groups is 1. The summed E-state index contributed by atoms with van der Waals surface area (Å²) in [5.74, 6) is -2.07. The molecule has 176 valence electrons. The number of amides is 1. The molecule has 1 amide bonds. The Hall–Kier alpha value is -4.18. The minimum atomic E-state index is -0.984. The number of fused-ring (bicyclic) bond motifs is 1. The summed E-state index contributed by atoms with van der Waals surface area (Å²) >= 11 is 0. The SMILES string of the molecule is COc1cccc2cc(C(=O)C3=C([O-])C(=O)N(CC[NH+](C)C)C3c3ccc([N+](=O)[O-])cc3)oc12. The van der Waals surface area contributed by atoms with Gasteiger partial charge >= 0.3 is 0 Å². The molecule has 0 aliphatic carbocycles. The lowest BCUT2D eigenvalue weighted by Gasteiger charge is -2.27. The zero-order valence-corrected chi connectivity index (χ0v) is 18.9. The quantitative estimate of drug-likeness (QED) is 0.297. The van der Waals surface area contributed by atoms with Gasteiger partial charge in [-0.15, -0.1) is 0 Å². The maximum Gasteiger partial charge on any atom is 0.269 e. The molecule has 0 fully saturated rings. The van der Waals surface area contributed by atoms with Gasteiger partial charge in [0.2, 0.25) is 11.7 Å². The number of hydrogen-bond donors (Lipinski definition) is 1. The Bertz CT molecular complexity index is 1310. The first kappa shape index (κ1) is 23.0. The monoisotopic (exact) mass is 465 g/mol. The van der Waals surface area contributed by atoms with Crippen LogP contribution in [0, 0.1) is 10.1 Å². The number of ketones is 1. The number of quaternary nitrogens is 1. The third-order valence-electron chi connectivity index (χ3n) is 5.75. The topological polar surface area (TPSA) is 130 Å². The van der Waals surface area contributed by atoms with Crippen molar-refractivity contribution in [1.82, 2.24) is 4.90 Å². The van der Waals surface area contributed by atoms with Crippen molar-refractivity contribution >= 4 is 28.3 Å². The molecule has 0 saturated heterocycles. The normalized spacial score (nSPS) is 16.1. The maximum absolute atomic E-state index is 13.5. The smallest absolute Gasteiger partial charge is 0.269 e. The number of Topliss-reactive ketones (excluding diaryl/α,β-unsaturated/α-hetero) is 1. The summed E-state index contributed by atoms with van der Waals surface area (Å²) in [4.78, 5) is 39.4. The van der Waals surface area contributed by atoms with Gasteiger partial charge in [-0.05, 0) is 35.6 Å². The van der Waals surface area contributed by atoms with Gasteiger partial charge in [0.05, 0.1) is 45.3 Å². The van der Waals surface area contributed by atoms with E-state index in [1.54, 1.807) is 18.2 Å². The Kier molecular flexibility index (Phi) is 6.08. The van der Waals surface area contributed by atoms with Gasteiger partial charge in [0.1, 0.15) is 0 Å². The molecule has 0 spiro atoms. The van der Waals surface area contributed by atoms with E-state index < -0.39 is 28.4 Å². The fraction of sp³-hybridized carbons (Fsp3) is 0.250. The Morgan fingerprint density at radius 1 is 1.21 bits per heavy atom. The van der Waals surface area contributed by atoms with Crippen LogP contribution in [-0.2, 0) is 4.79 Å². The summed E-state index contributed by atoms with van der Waals surface area (Å²) in [5, 5.41) is 24.7. The second kappa shape index (κ2) is 8.99. The Labute approximate surface area is 194 Å². The molecule has 1 aliphatic heterocycles.